The van der Waals surface area contributed by atoms with Crippen LogP contribution in [0.3, 0.4) is 0 Å². The highest BCUT2D eigenvalue weighted by Crippen LogP contribution is 2.16. The van der Waals surface area contributed by atoms with Crippen molar-refractivity contribution in [1.82, 2.24) is 9.55 Å². The first-order valence-electron chi connectivity index (χ1n) is 6.72. The summed E-state index contributed by atoms with van der Waals surface area (Å²) in [7, 11) is -2.94. The first-order chi connectivity index (χ1) is 8.27. The third-order valence-corrected chi connectivity index (χ3v) is 1.37. The largest absolute Gasteiger partial charge is 0.468 e. The molecule has 56 valence electrons. The molecular weight excluding hydrogens is 196 g/mol. The topological polar surface area (TPSA) is 27.1 Å². The molecule has 1 heterocycles. The zero-order valence-electron chi connectivity index (χ0n) is 13.7. The summed E-state index contributed by atoms with van der Waals surface area (Å²) in [6.45, 7) is -6.09. The summed E-state index contributed by atoms with van der Waals surface area (Å²) in [6.07, 6.45) is -0.535. The molecule has 4 heteroatoms. The molecule has 1 aromatic heterocycles. The number of rotatable bonds is 2. The van der Waals surface area contributed by atoms with E-state index >= 15 is 0 Å². The molecule has 1 rings (SSSR count). The number of aromatic nitrogens is 2. The van der Waals surface area contributed by atoms with Crippen molar-refractivity contribution in [3.8, 4) is 6.01 Å². The van der Waals surface area contributed by atoms with Crippen LogP contribution in [0.15, 0.2) is 10.8 Å². The van der Waals surface area contributed by atoms with Crippen molar-refractivity contribution in [2.24, 2.45) is 0 Å². The Morgan fingerprint density at radius 3 is 3.80 bits per heavy atom. The maximum absolute atomic E-state index is 7.57. The van der Waals surface area contributed by atoms with E-state index in [2.05, 4.69) is 25.7 Å². The molecular formula is C6H9BrN2O. The second-order valence-corrected chi connectivity index (χ2v) is 2.10. The molecule has 0 aliphatic carbocycles. The van der Waals surface area contributed by atoms with Crippen molar-refractivity contribution in [1.29, 1.82) is 0 Å². The van der Waals surface area contributed by atoms with Crippen molar-refractivity contribution in [3.05, 3.63) is 10.8 Å². The Bertz CT molecular complexity index is 476. The molecule has 0 aliphatic rings. The fourth-order valence-corrected chi connectivity index (χ4v) is 0.772. The highest BCUT2D eigenvalue weighted by molar-refractivity contribution is 9.10. The van der Waals surface area contributed by atoms with Gasteiger partial charge in [-0.3, -0.25) is 4.57 Å². The van der Waals surface area contributed by atoms with E-state index in [1.54, 1.807) is 0 Å². The van der Waals surface area contributed by atoms with E-state index in [1.807, 2.05) is 0 Å². The molecule has 0 aliphatic heterocycles. The summed E-state index contributed by atoms with van der Waals surface area (Å²) >= 11 is 2.80. The van der Waals surface area contributed by atoms with Gasteiger partial charge in [-0.15, -0.1) is 0 Å². The highest BCUT2D eigenvalue weighted by Gasteiger charge is 2.03. The number of hydrogen-bond acceptors (Lipinski definition) is 2. The van der Waals surface area contributed by atoms with Gasteiger partial charge in [0.2, 0.25) is 0 Å². The van der Waals surface area contributed by atoms with E-state index in [4.69, 9.17) is 12.3 Å². The smallest absolute Gasteiger partial charge is 0.296 e. The normalized spacial score (nSPS) is 27.1. The third kappa shape index (κ3) is 1.16. The van der Waals surface area contributed by atoms with Gasteiger partial charge in [0.25, 0.3) is 6.01 Å². The summed E-state index contributed by atoms with van der Waals surface area (Å²) in [4.78, 5) is 3.39. The van der Waals surface area contributed by atoms with Gasteiger partial charge in [0.05, 0.1) is 18.7 Å². The van der Waals surface area contributed by atoms with Gasteiger partial charge in [-0.05, 0) is 22.8 Å². The van der Waals surface area contributed by atoms with E-state index in [0.29, 0.717) is 4.57 Å². The molecule has 0 amide bonds. The average molecular weight is 214 g/mol. The number of ether oxygens (including phenoxy) is 1. The van der Waals surface area contributed by atoms with Crippen LogP contribution < -0.4 is 4.74 Å². The van der Waals surface area contributed by atoms with Gasteiger partial charge in [-0.2, -0.15) is 0 Å². The molecule has 0 atom stereocenters. The summed E-state index contributed by atoms with van der Waals surface area (Å²) in [5.74, 6) is 0. The minimum atomic E-state index is -3.10. The Labute approximate surface area is 80.8 Å². The lowest BCUT2D eigenvalue weighted by molar-refractivity contribution is 0.358. The van der Waals surface area contributed by atoms with Crippen LogP contribution in [0.4, 0.5) is 0 Å². The summed E-state index contributed by atoms with van der Waals surface area (Å²) in [5.41, 5.74) is 0. The second kappa shape index (κ2) is 3.05. The van der Waals surface area contributed by atoms with Crippen LogP contribution in [0.25, 0.3) is 0 Å². The number of hydrogen-bond donors (Lipinski definition) is 0. The van der Waals surface area contributed by atoms with Crippen LogP contribution in [0.2, 0.25) is 0 Å². The zero-order chi connectivity index (χ0) is 15.2. The predicted molar refractivity (Wildman–Crippen MR) is 42.2 cm³/mol. The standard InChI is InChI=1S/C6H9BrN2O/c1-3-9-5(7)4-8-6(9)10-2/h4H,3H2,1-2H3/i1D3,2D3,3D2,4D. The Morgan fingerprint density at radius 1 is 2.20 bits per heavy atom. The van der Waals surface area contributed by atoms with E-state index in [9.17, 15) is 0 Å². The fourth-order valence-electron chi connectivity index (χ4n) is 0.443. The van der Waals surface area contributed by atoms with Gasteiger partial charge >= 0.3 is 0 Å². The van der Waals surface area contributed by atoms with Gasteiger partial charge in [-0.25, -0.2) is 4.98 Å². The van der Waals surface area contributed by atoms with Gasteiger partial charge in [0, 0.05) is 13.4 Å². The molecule has 10 heavy (non-hydrogen) atoms. The Morgan fingerprint density at radius 2 is 3.10 bits per heavy atom. The number of halogens is 1. The lowest BCUT2D eigenvalue weighted by Crippen LogP contribution is -1.98. The zero-order valence-corrected chi connectivity index (χ0v) is 6.27. The van der Waals surface area contributed by atoms with Crippen LogP contribution in [0.1, 0.15) is 19.2 Å². The van der Waals surface area contributed by atoms with Crippen LogP contribution in [0, 0.1) is 0 Å². The van der Waals surface area contributed by atoms with Gasteiger partial charge < -0.3 is 4.74 Å². The molecule has 0 saturated heterocycles. The van der Waals surface area contributed by atoms with Crippen LogP contribution in [-0.2, 0) is 6.50 Å². The lowest BCUT2D eigenvalue weighted by atomic mass is 10.7. The van der Waals surface area contributed by atoms with Crippen LogP contribution >= 0.6 is 15.9 Å². The maximum Gasteiger partial charge on any atom is 0.296 e. The highest BCUT2D eigenvalue weighted by atomic mass is 79.9. The molecule has 0 N–H and O–H groups in total. The van der Waals surface area contributed by atoms with E-state index in [1.165, 1.54) is 0 Å². The van der Waals surface area contributed by atoms with E-state index in [-0.39, 0.29) is 4.60 Å². The Balaban J connectivity index is 3.42. The van der Waals surface area contributed by atoms with E-state index < -0.39 is 32.6 Å². The molecule has 0 saturated carbocycles. The molecule has 0 aromatic carbocycles. The van der Waals surface area contributed by atoms with Crippen molar-refractivity contribution in [2.45, 2.75) is 13.3 Å². The van der Waals surface area contributed by atoms with Crippen LogP contribution in [-0.4, -0.2) is 16.6 Å². The SMILES string of the molecule is [2H]c1nc(OC([2H])([2H])[2H])n(C([2H])([2H])C([2H])([2H])[2H])c1Br. The van der Waals surface area contributed by atoms with Crippen LogP contribution in [0.5, 0.6) is 6.01 Å². The third-order valence-electron chi connectivity index (χ3n) is 0.834. The number of nitrogens with zero attached hydrogens (tertiary/aromatic N) is 2. The fraction of sp³-hybridized carbons (Fsp3) is 0.500. The molecule has 0 fully saturated rings. The average Bonchev–Trinajstić information content (AvgIpc) is 2.37. The molecule has 1 aromatic rings. The van der Waals surface area contributed by atoms with Crippen molar-refractivity contribution >= 4 is 15.9 Å². The summed E-state index contributed by atoms with van der Waals surface area (Å²) in [6, 6.07) is -0.807. The minimum absolute atomic E-state index is 0.326. The summed E-state index contributed by atoms with van der Waals surface area (Å²) in [5, 5.41) is 0. The Hall–Kier alpha value is -0.510. The first-order valence-corrected chi connectivity index (χ1v) is 3.01. The molecule has 0 spiro atoms. The number of imidazole rings is 1. The molecule has 0 radical (unpaired) electrons. The first kappa shape index (κ1) is 2.00. The quantitative estimate of drug-likeness (QED) is 0.748. The van der Waals surface area contributed by atoms with Gasteiger partial charge in [-0.1, -0.05) is 0 Å². The monoisotopic (exact) mass is 213 g/mol. The molecule has 0 bridgehead atoms. The van der Waals surface area contributed by atoms with Gasteiger partial charge in [0.15, 0.2) is 0 Å². The van der Waals surface area contributed by atoms with E-state index in [0.717, 1.165) is 0 Å². The minimum Gasteiger partial charge on any atom is -0.468 e. The van der Waals surface area contributed by atoms with Crippen molar-refractivity contribution < 1.29 is 17.1 Å². The lowest BCUT2D eigenvalue weighted by Gasteiger charge is -2.02. The summed E-state index contributed by atoms with van der Waals surface area (Å²) < 4.78 is 69.2. The number of methoxy groups -OCH3 is 1. The maximum atomic E-state index is 7.57. The van der Waals surface area contributed by atoms with Crippen molar-refractivity contribution in [2.75, 3.05) is 7.04 Å². The molecule has 0 unspecified atom stereocenters. The second-order valence-electron chi connectivity index (χ2n) is 1.35. The van der Waals surface area contributed by atoms with Gasteiger partial charge in [0.1, 0.15) is 4.60 Å². The molecule has 3 nitrogen and oxygen atoms in total. The van der Waals surface area contributed by atoms with Crippen molar-refractivity contribution in [3.63, 3.8) is 0 Å². The Kier molecular flexibility index (Phi) is 0.611. The predicted octanol–water partition coefficient (Wildman–Crippen LogP) is 1.67.